The minimum absolute atomic E-state index is 0.0102. The molecule has 7 nitrogen and oxygen atoms in total. The summed E-state index contributed by atoms with van der Waals surface area (Å²) in [6.07, 6.45) is 7.69. The number of fused-ring (bicyclic) bond motifs is 3. The summed E-state index contributed by atoms with van der Waals surface area (Å²) >= 11 is 0. The average Bonchev–Trinajstić information content (AvgIpc) is 3.31. The first-order chi connectivity index (χ1) is 15.2. The summed E-state index contributed by atoms with van der Waals surface area (Å²) in [6, 6.07) is 5.38. The molecule has 1 amide bonds. The minimum Gasteiger partial charge on any atom is -0.396 e. The highest BCUT2D eigenvalue weighted by Gasteiger charge is 2.55. The predicted octanol–water partition coefficient (Wildman–Crippen LogP) is 1.69. The second-order valence-corrected chi connectivity index (χ2v) is 9.90. The summed E-state index contributed by atoms with van der Waals surface area (Å²) in [5.41, 5.74) is 1.01. The van der Waals surface area contributed by atoms with E-state index in [1.54, 1.807) is 6.07 Å². The van der Waals surface area contributed by atoms with Gasteiger partial charge in [0.2, 0.25) is 5.91 Å². The maximum atomic E-state index is 13.6. The molecule has 0 spiro atoms. The molecule has 1 aromatic heterocycles. The largest absolute Gasteiger partial charge is 0.396 e. The third-order valence-corrected chi connectivity index (χ3v) is 8.10. The van der Waals surface area contributed by atoms with Crippen LogP contribution in [0, 0.1) is 17.8 Å². The van der Waals surface area contributed by atoms with Gasteiger partial charge in [0.15, 0.2) is 0 Å². The lowest BCUT2D eigenvalue weighted by molar-refractivity contribution is -0.129. The van der Waals surface area contributed by atoms with Crippen molar-refractivity contribution in [1.82, 2.24) is 14.8 Å². The number of aromatic nitrogens is 1. The van der Waals surface area contributed by atoms with Gasteiger partial charge in [0.05, 0.1) is 12.1 Å². The molecular weight excluding hydrogens is 394 g/mol. The van der Waals surface area contributed by atoms with Crippen molar-refractivity contribution in [2.45, 2.75) is 69.6 Å². The van der Waals surface area contributed by atoms with E-state index in [0.717, 1.165) is 51.1 Å². The highest BCUT2D eigenvalue weighted by atomic mass is 16.5. The molecule has 0 aromatic carbocycles. The molecule has 0 radical (unpaired) electrons. The summed E-state index contributed by atoms with van der Waals surface area (Å²) < 4.78 is 7.41. The van der Waals surface area contributed by atoms with Crippen molar-refractivity contribution >= 4 is 5.91 Å². The highest BCUT2D eigenvalue weighted by molar-refractivity contribution is 5.83. The monoisotopic (exact) mass is 429 g/mol. The third kappa shape index (κ3) is 3.96. The van der Waals surface area contributed by atoms with Crippen LogP contribution in [0.5, 0.6) is 0 Å². The van der Waals surface area contributed by atoms with E-state index >= 15 is 0 Å². The van der Waals surface area contributed by atoms with Crippen molar-refractivity contribution in [2.75, 3.05) is 26.4 Å². The molecule has 4 aliphatic rings. The lowest BCUT2D eigenvalue weighted by atomic mass is 9.87. The van der Waals surface area contributed by atoms with Crippen molar-refractivity contribution in [3.63, 3.8) is 0 Å². The second kappa shape index (κ2) is 9.04. The van der Waals surface area contributed by atoms with E-state index in [1.807, 2.05) is 16.7 Å². The number of nitrogens with zero attached hydrogens (tertiary/aromatic N) is 2. The van der Waals surface area contributed by atoms with E-state index in [0.29, 0.717) is 12.5 Å². The zero-order chi connectivity index (χ0) is 21.4. The summed E-state index contributed by atoms with van der Waals surface area (Å²) in [4.78, 5) is 28.4. The molecule has 1 aromatic rings. The average molecular weight is 430 g/mol. The van der Waals surface area contributed by atoms with Crippen molar-refractivity contribution in [1.29, 1.82) is 0 Å². The van der Waals surface area contributed by atoms with Gasteiger partial charge in [-0.15, -0.1) is 0 Å². The first-order valence-electron chi connectivity index (χ1n) is 12.1. The normalized spacial score (nSPS) is 32.0. The van der Waals surface area contributed by atoms with Gasteiger partial charge in [0.1, 0.15) is 0 Å². The summed E-state index contributed by atoms with van der Waals surface area (Å²) in [6.45, 7) is 2.90. The molecule has 0 bridgehead atoms. The molecule has 0 unspecified atom stereocenters. The van der Waals surface area contributed by atoms with Gasteiger partial charge >= 0.3 is 0 Å². The van der Waals surface area contributed by atoms with Gasteiger partial charge in [-0.3, -0.25) is 14.5 Å². The standard InChI is InChI=1S/C24H35N3O4/c28-15-19-18-14-26-20(7-4-8-21(26)29)22(18)27(13-16-9-11-31-12-10-16)23(19)24(30)25-17-5-2-1-3-6-17/h4,7-8,16-19,22-23,28H,1-3,5-6,9-15H2,(H,25,30)/t18-,19-,22+,23-/m1/s1. The molecule has 4 atom stereocenters. The van der Waals surface area contributed by atoms with Crippen LogP contribution in [0.2, 0.25) is 0 Å². The molecule has 3 aliphatic heterocycles. The number of hydrogen-bond donors (Lipinski definition) is 2. The van der Waals surface area contributed by atoms with E-state index in [4.69, 9.17) is 4.74 Å². The summed E-state index contributed by atoms with van der Waals surface area (Å²) in [7, 11) is 0. The van der Waals surface area contributed by atoms with Crippen LogP contribution in [0.15, 0.2) is 23.0 Å². The van der Waals surface area contributed by atoms with E-state index in [-0.39, 0.29) is 48.0 Å². The van der Waals surface area contributed by atoms with Crippen LogP contribution in [-0.4, -0.2) is 58.9 Å². The Hall–Kier alpha value is -1.70. The van der Waals surface area contributed by atoms with E-state index in [9.17, 15) is 14.7 Å². The Bertz CT molecular complexity index is 843. The van der Waals surface area contributed by atoms with Crippen molar-refractivity contribution < 1.29 is 14.6 Å². The number of rotatable bonds is 5. The van der Waals surface area contributed by atoms with Crippen LogP contribution >= 0.6 is 0 Å². The Morgan fingerprint density at radius 2 is 1.90 bits per heavy atom. The number of likely N-dealkylation sites (tertiary alicyclic amines) is 1. The van der Waals surface area contributed by atoms with Gasteiger partial charge in [0.25, 0.3) is 5.56 Å². The van der Waals surface area contributed by atoms with Crippen molar-refractivity contribution in [2.24, 2.45) is 17.8 Å². The molecule has 3 fully saturated rings. The molecule has 2 saturated heterocycles. The maximum Gasteiger partial charge on any atom is 0.250 e. The Balaban J connectivity index is 1.45. The number of carbonyl (C=O) groups is 1. The van der Waals surface area contributed by atoms with Crippen LogP contribution in [0.1, 0.15) is 56.7 Å². The summed E-state index contributed by atoms with van der Waals surface area (Å²) in [5.74, 6) is 0.466. The number of hydrogen-bond acceptors (Lipinski definition) is 5. The van der Waals surface area contributed by atoms with Gasteiger partial charge < -0.3 is 19.7 Å². The number of nitrogens with one attached hydrogen (secondary N) is 1. The van der Waals surface area contributed by atoms with Gasteiger partial charge in [-0.05, 0) is 37.7 Å². The molecule has 2 N–H and O–H groups in total. The molecular formula is C24H35N3O4. The SMILES string of the molecule is O=C(NC1CCCCC1)[C@H]1[C@H](CO)[C@H]2Cn3c(cccc3=O)[C@H]2N1CC1CCOCC1. The Kier molecular flexibility index (Phi) is 6.17. The number of ether oxygens (including phenoxy) is 1. The first-order valence-corrected chi connectivity index (χ1v) is 12.1. The number of aliphatic hydroxyl groups excluding tert-OH is 1. The Labute approximate surface area is 183 Å². The van der Waals surface area contributed by atoms with Crippen LogP contribution in [0.25, 0.3) is 0 Å². The Morgan fingerprint density at radius 1 is 1.13 bits per heavy atom. The molecule has 5 rings (SSSR count). The molecule has 1 aliphatic carbocycles. The number of amides is 1. The van der Waals surface area contributed by atoms with Gasteiger partial charge in [-0.25, -0.2) is 0 Å². The zero-order valence-electron chi connectivity index (χ0n) is 18.2. The molecule has 31 heavy (non-hydrogen) atoms. The maximum absolute atomic E-state index is 13.6. The van der Waals surface area contributed by atoms with Crippen molar-refractivity contribution in [3.05, 3.63) is 34.2 Å². The number of carbonyl (C=O) groups excluding carboxylic acids is 1. The molecule has 4 heterocycles. The second-order valence-electron chi connectivity index (χ2n) is 9.90. The van der Waals surface area contributed by atoms with Crippen LogP contribution < -0.4 is 10.9 Å². The smallest absolute Gasteiger partial charge is 0.250 e. The fourth-order valence-corrected chi connectivity index (χ4v) is 6.53. The molecule has 7 heteroatoms. The zero-order valence-corrected chi connectivity index (χ0v) is 18.2. The quantitative estimate of drug-likeness (QED) is 0.744. The predicted molar refractivity (Wildman–Crippen MR) is 117 cm³/mol. The fraction of sp³-hybridized carbons (Fsp3) is 0.750. The highest BCUT2D eigenvalue weighted by Crippen LogP contribution is 2.49. The van der Waals surface area contributed by atoms with Crippen LogP contribution in [0.4, 0.5) is 0 Å². The first kappa shape index (κ1) is 21.2. The minimum atomic E-state index is -0.339. The van der Waals surface area contributed by atoms with Gasteiger partial charge in [-0.1, -0.05) is 25.3 Å². The van der Waals surface area contributed by atoms with Crippen LogP contribution in [-0.2, 0) is 16.1 Å². The summed E-state index contributed by atoms with van der Waals surface area (Å²) in [5, 5.41) is 13.7. The van der Waals surface area contributed by atoms with E-state index in [1.165, 1.54) is 19.3 Å². The Morgan fingerprint density at radius 3 is 2.65 bits per heavy atom. The lowest BCUT2D eigenvalue weighted by Crippen LogP contribution is -2.52. The van der Waals surface area contributed by atoms with E-state index in [2.05, 4.69) is 10.2 Å². The van der Waals surface area contributed by atoms with Gasteiger partial charge in [-0.2, -0.15) is 0 Å². The number of pyridine rings is 1. The topological polar surface area (TPSA) is 83.8 Å². The fourth-order valence-electron chi connectivity index (χ4n) is 6.53. The van der Waals surface area contributed by atoms with Crippen molar-refractivity contribution in [3.8, 4) is 0 Å². The molecule has 170 valence electrons. The lowest BCUT2D eigenvalue weighted by Gasteiger charge is -2.36. The number of aliphatic hydroxyl groups is 1. The molecule has 1 saturated carbocycles. The third-order valence-electron chi connectivity index (χ3n) is 8.10. The van der Waals surface area contributed by atoms with E-state index < -0.39 is 0 Å². The van der Waals surface area contributed by atoms with Gasteiger partial charge in [0, 0.05) is 62.5 Å². The van der Waals surface area contributed by atoms with Crippen LogP contribution in [0.3, 0.4) is 0 Å².